The van der Waals surface area contributed by atoms with Crippen molar-refractivity contribution in [3.05, 3.63) is 83.0 Å². The van der Waals surface area contributed by atoms with Crippen LogP contribution in [0, 0.1) is 0 Å². The van der Waals surface area contributed by atoms with Crippen molar-refractivity contribution >= 4 is 56.7 Å². The summed E-state index contributed by atoms with van der Waals surface area (Å²) in [6.07, 6.45) is 6.95. The fourth-order valence-corrected chi connectivity index (χ4v) is 8.78. The number of rotatable bonds is 7. The number of carbonyl (C=O) groups excluding carboxylic acids is 2. The lowest BCUT2D eigenvalue weighted by atomic mass is 10.0. The number of nitrogens with zero attached hydrogens (tertiary/aromatic N) is 7. The Kier molecular flexibility index (Phi) is 9.86. The number of fused-ring (bicyclic) bond motifs is 1. The normalized spacial score (nSPS) is 20.9. The predicted octanol–water partition coefficient (Wildman–Crippen LogP) is 4.88. The standard InChI is InChI=1S/C31H29Cl2N7O5S.C2H6/c32-22-11-23(33)13-24(12-22)39-30(43)27(10-19-3-5-20(6-4-19)21-14-34-18-35-15-21)40-28(16-36-31(39)40)46(44,45)38-8-1-2-26(38)29(42)37-9-7-25(41)17-37;1-2/h3-6,11-16,18,25-27,41H,1-2,7-10,17H2;1-2H3/t25?,26-,27+;/m0./s1. The number of benzene rings is 2. The molecule has 1 unspecified atom stereocenters. The van der Waals surface area contributed by atoms with Crippen LogP contribution in [0.3, 0.4) is 0 Å². The quantitative estimate of drug-likeness (QED) is 0.286. The second-order valence-corrected chi connectivity index (χ2v) is 14.3. The number of β-amino-alcohol motifs (C(OH)–C–C–N with tert-alkyl or cyclic N) is 1. The molecule has 252 valence electrons. The molecule has 3 atom stereocenters. The molecule has 2 aromatic carbocycles. The van der Waals surface area contributed by atoms with Crippen molar-refractivity contribution in [3.8, 4) is 11.1 Å². The Morgan fingerprint density at radius 3 is 2.29 bits per heavy atom. The second kappa shape index (κ2) is 13.9. The van der Waals surface area contributed by atoms with Crippen molar-refractivity contribution in [2.75, 3.05) is 24.5 Å². The zero-order valence-corrected chi connectivity index (χ0v) is 28.7. The molecule has 0 aliphatic carbocycles. The van der Waals surface area contributed by atoms with Crippen molar-refractivity contribution in [1.82, 2.24) is 28.7 Å². The summed E-state index contributed by atoms with van der Waals surface area (Å²) in [7, 11) is -4.29. The van der Waals surface area contributed by atoms with Crippen LogP contribution in [-0.4, -0.2) is 85.8 Å². The van der Waals surface area contributed by atoms with E-state index in [0.29, 0.717) is 41.5 Å². The first-order valence-corrected chi connectivity index (χ1v) is 18.0. The van der Waals surface area contributed by atoms with Crippen LogP contribution in [0.5, 0.6) is 0 Å². The molecule has 2 fully saturated rings. The summed E-state index contributed by atoms with van der Waals surface area (Å²) in [6.45, 7) is 4.69. The SMILES string of the molecule is CC.O=C([C@@H]1CCCN1S(=O)(=O)c1cnc2n1[C@H](Cc1ccc(-c3cncnc3)cc1)C(=O)N2c1cc(Cl)cc(Cl)c1)N1CCC(O)C1. The van der Waals surface area contributed by atoms with Crippen LogP contribution < -0.4 is 4.90 Å². The summed E-state index contributed by atoms with van der Waals surface area (Å²) in [4.78, 5) is 43.0. The minimum absolute atomic E-state index is 0.106. The van der Waals surface area contributed by atoms with Gasteiger partial charge in [0.15, 0.2) is 5.03 Å². The molecule has 48 heavy (non-hydrogen) atoms. The van der Waals surface area contributed by atoms with Gasteiger partial charge < -0.3 is 10.0 Å². The lowest BCUT2D eigenvalue weighted by molar-refractivity contribution is -0.133. The van der Waals surface area contributed by atoms with E-state index in [0.717, 1.165) is 16.7 Å². The highest BCUT2D eigenvalue weighted by Crippen LogP contribution is 2.42. The lowest BCUT2D eigenvalue weighted by Crippen LogP contribution is -2.47. The van der Waals surface area contributed by atoms with Crippen LogP contribution >= 0.6 is 23.2 Å². The van der Waals surface area contributed by atoms with Gasteiger partial charge in [0, 0.05) is 54.1 Å². The minimum atomic E-state index is -4.29. The van der Waals surface area contributed by atoms with Gasteiger partial charge in [-0.25, -0.2) is 28.3 Å². The summed E-state index contributed by atoms with van der Waals surface area (Å²) >= 11 is 12.6. The van der Waals surface area contributed by atoms with Crippen LogP contribution in [0.15, 0.2) is 72.4 Å². The predicted molar refractivity (Wildman–Crippen MR) is 182 cm³/mol. The highest BCUT2D eigenvalue weighted by Gasteiger charge is 2.48. The summed E-state index contributed by atoms with van der Waals surface area (Å²) in [5.74, 6) is -0.626. The number of aliphatic hydroxyl groups excluding tert-OH is 1. The molecular weight excluding hydrogens is 677 g/mol. The Hall–Kier alpha value is -3.88. The van der Waals surface area contributed by atoms with Gasteiger partial charge in [0.2, 0.25) is 11.9 Å². The van der Waals surface area contributed by atoms with Gasteiger partial charge in [-0.1, -0.05) is 61.3 Å². The average Bonchev–Trinajstić information content (AvgIpc) is 3.88. The van der Waals surface area contributed by atoms with E-state index >= 15 is 0 Å². The smallest absolute Gasteiger partial charge is 0.261 e. The van der Waals surface area contributed by atoms with Gasteiger partial charge in [-0.2, -0.15) is 4.31 Å². The maximum atomic E-state index is 14.4. The number of amides is 2. The van der Waals surface area contributed by atoms with E-state index in [9.17, 15) is 23.1 Å². The molecule has 0 spiro atoms. The van der Waals surface area contributed by atoms with E-state index in [4.69, 9.17) is 23.2 Å². The molecule has 3 aliphatic rings. The first-order valence-electron chi connectivity index (χ1n) is 15.8. The summed E-state index contributed by atoms with van der Waals surface area (Å²) in [5, 5.41) is 10.4. The summed E-state index contributed by atoms with van der Waals surface area (Å²) in [5.41, 5.74) is 2.86. The number of imidazole rings is 1. The molecule has 12 nitrogen and oxygen atoms in total. The largest absolute Gasteiger partial charge is 0.391 e. The van der Waals surface area contributed by atoms with Crippen LogP contribution in [0.1, 0.15) is 44.7 Å². The van der Waals surface area contributed by atoms with Crippen LogP contribution in [0.2, 0.25) is 10.0 Å². The third-order valence-electron chi connectivity index (χ3n) is 8.68. The van der Waals surface area contributed by atoms with Gasteiger partial charge in [0.25, 0.3) is 15.9 Å². The van der Waals surface area contributed by atoms with Gasteiger partial charge in [0.05, 0.1) is 18.0 Å². The fourth-order valence-electron chi connectivity index (χ4n) is 6.49. The molecule has 1 N–H and O–H groups in total. The number of likely N-dealkylation sites (tertiary alicyclic amines) is 1. The highest BCUT2D eigenvalue weighted by molar-refractivity contribution is 7.89. The van der Waals surface area contributed by atoms with Gasteiger partial charge >= 0.3 is 0 Å². The number of carbonyl (C=O) groups is 2. The van der Waals surface area contributed by atoms with Gasteiger partial charge in [-0.05, 0) is 48.6 Å². The second-order valence-electron chi connectivity index (χ2n) is 11.6. The van der Waals surface area contributed by atoms with E-state index in [1.165, 1.54) is 37.3 Å². The van der Waals surface area contributed by atoms with Crippen LogP contribution in [0.25, 0.3) is 11.1 Å². The fraction of sp³-hybridized carbons (Fsp3) is 0.364. The van der Waals surface area contributed by atoms with Crippen LogP contribution in [0.4, 0.5) is 11.6 Å². The Morgan fingerprint density at radius 2 is 1.65 bits per heavy atom. The van der Waals surface area contributed by atoms with E-state index in [1.807, 2.05) is 38.1 Å². The Labute approximate surface area is 289 Å². The monoisotopic (exact) mass is 711 g/mol. The molecule has 2 aromatic heterocycles. The first kappa shape index (κ1) is 34.0. The molecule has 5 heterocycles. The van der Waals surface area contributed by atoms with Crippen LogP contribution in [-0.2, 0) is 26.0 Å². The third kappa shape index (κ3) is 6.32. The van der Waals surface area contributed by atoms with Crippen molar-refractivity contribution in [2.24, 2.45) is 0 Å². The number of aliphatic hydroxyl groups is 1. The molecule has 0 saturated carbocycles. The molecule has 2 amide bonds. The maximum absolute atomic E-state index is 14.4. The van der Waals surface area contributed by atoms with Crippen molar-refractivity contribution in [1.29, 1.82) is 0 Å². The molecule has 2 saturated heterocycles. The number of sulfonamides is 1. The van der Waals surface area contributed by atoms with Crippen molar-refractivity contribution in [3.63, 3.8) is 0 Å². The maximum Gasteiger partial charge on any atom is 0.261 e. The molecule has 7 rings (SSSR count). The van der Waals surface area contributed by atoms with Crippen molar-refractivity contribution in [2.45, 2.75) is 62.7 Å². The average molecular weight is 713 g/mol. The Morgan fingerprint density at radius 1 is 0.958 bits per heavy atom. The van der Waals surface area contributed by atoms with E-state index in [2.05, 4.69) is 15.0 Å². The van der Waals surface area contributed by atoms with E-state index < -0.39 is 34.1 Å². The number of anilines is 2. The van der Waals surface area contributed by atoms with E-state index in [1.54, 1.807) is 24.5 Å². The molecule has 0 radical (unpaired) electrons. The van der Waals surface area contributed by atoms with Gasteiger partial charge in [-0.3, -0.25) is 14.2 Å². The first-order chi connectivity index (χ1) is 23.1. The minimum Gasteiger partial charge on any atom is -0.391 e. The summed E-state index contributed by atoms with van der Waals surface area (Å²) < 4.78 is 31.4. The topological polar surface area (TPSA) is 142 Å². The molecule has 15 heteroatoms. The zero-order chi connectivity index (χ0) is 34.2. The van der Waals surface area contributed by atoms with E-state index in [-0.39, 0.29) is 36.4 Å². The molecule has 3 aliphatic heterocycles. The number of halogens is 2. The number of hydrogen-bond acceptors (Lipinski definition) is 8. The zero-order valence-electron chi connectivity index (χ0n) is 26.4. The Bertz CT molecular complexity index is 1900. The third-order valence-corrected chi connectivity index (χ3v) is 11.0. The lowest BCUT2D eigenvalue weighted by Gasteiger charge is -2.27. The summed E-state index contributed by atoms with van der Waals surface area (Å²) in [6, 6.07) is 10.3. The molecule has 4 aromatic rings. The van der Waals surface area contributed by atoms with Crippen molar-refractivity contribution < 1.29 is 23.1 Å². The van der Waals surface area contributed by atoms with Gasteiger partial charge in [-0.15, -0.1) is 0 Å². The number of hydrogen-bond donors (Lipinski definition) is 1. The number of aromatic nitrogens is 4. The molecular formula is C33H35Cl2N7O5S. The molecule has 0 bridgehead atoms. The van der Waals surface area contributed by atoms with Gasteiger partial charge in [0.1, 0.15) is 18.4 Å². The highest BCUT2D eigenvalue weighted by atomic mass is 35.5. The Balaban J connectivity index is 0.00000197.